The Morgan fingerprint density at radius 3 is 2.70 bits per heavy atom. The minimum atomic E-state index is -0.411. The van der Waals surface area contributed by atoms with Gasteiger partial charge in [0.05, 0.1) is 18.4 Å². The summed E-state index contributed by atoms with van der Waals surface area (Å²) >= 11 is 0. The van der Waals surface area contributed by atoms with Crippen LogP contribution in [0.25, 0.3) is 0 Å². The van der Waals surface area contributed by atoms with Gasteiger partial charge in [-0.3, -0.25) is 4.79 Å². The average molecular weight is 268 g/mol. The van der Waals surface area contributed by atoms with Gasteiger partial charge in [-0.1, -0.05) is 12.1 Å². The van der Waals surface area contributed by atoms with Crippen LogP contribution in [0, 0.1) is 11.3 Å². The van der Waals surface area contributed by atoms with E-state index in [1.54, 1.807) is 24.3 Å². The minimum Gasteiger partial charge on any atom is -0.504 e. The number of nitrogens with zero attached hydrogens (tertiary/aromatic N) is 1. The Hall–Kier alpha value is -3.00. The molecule has 0 aliphatic carbocycles. The second kappa shape index (κ2) is 5.76. The number of hydrogen-bond acceptors (Lipinski definition) is 4. The van der Waals surface area contributed by atoms with E-state index in [1.807, 2.05) is 6.07 Å². The molecule has 2 aromatic carbocycles. The van der Waals surface area contributed by atoms with Gasteiger partial charge in [-0.15, -0.1) is 0 Å². The summed E-state index contributed by atoms with van der Waals surface area (Å²) in [6.07, 6.45) is 0. The summed E-state index contributed by atoms with van der Waals surface area (Å²) in [6.45, 7) is 0. The number of methoxy groups -OCH3 is 1. The van der Waals surface area contributed by atoms with E-state index in [9.17, 15) is 9.90 Å². The maximum Gasteiger partial charge on any atom is 0.255 e. The number of phenolic OH excluding ortho intramolecular Hbond substituents is 1. The first-order chi connectivity index (χ1) is 9.65. The van der Waals surface area contributed by atoms with Crippen LogP contribution < -0.4 is 10.1 Å². The highest BCUT2D eigenvalue weighted by Gasteiger charge is 2.11. The molecule has 2 rings (SSSR count). The van der Waals surface area contributed by atoms with Gasteiger partial charge in [0.1, 0.15) is 6.07 Å². The van der Waals surface area contributed by atoms with E-state index in [0.717, 1.165) is 0 Å². The molecule has 5 nitrogen and oxygen atoms in total. The van der Waals surface area contributed by atoms with Gasteiger partial charge in [-0.2, -0.15) is 5.26 Å². The molecular weight excluding hydrogens is 256 g/mol. The number of aromatic hydroxyl groups is 1. The fourth-order valence-electron chi connectivity index (χ4n) is 1.72. The van der Waals surface area contributed by atoms with Gasteiger partial charge in [-0.05, 0) is 30.3 Å². The lowest BCUT2D eigenvalue weighted by atomic mass is 10.1. The lowest BCUT2D eigenvalue weighted by Gasteiger charge is -2.08. The Labute approximate surface area is 116 Å². The SMILES string of the molecule is COc1ccc(C(=O)Nc2ccccc2C#N)cc1O. The number of ether oxygens (including phenoxy) is 1. The highest BCUT2D eigenvalue weighted by molar-refractivity contribution is 6.05. The molecule has 0 atom stereocenters. The number of para-hydroxylation sites is 1. The van der Waals surface area contributed by atoms with Gasteiger partial charge >= 0.3 is 0 Å². The van der Waals surface area contributed by atoms with E-state index in [0.29, 0.717) is 17.0 Å². The van der Waals surface area contributed by atoms with Crippen LogP contribution in [-0.4, -0.2) is 18.1 Å². The summed E-state index contributed by atoms with van der Waals surface area (Å²) in [6, 6.07) is 13.0. The number of carbonyl (C=O) groups excluding carboxylic acids is 1. The van der Waals surface area contributed by atoms with Crippen molar-refractivity contribution in [1.29, 1.82) is 5.26 Å². The molecule has 0 bridgehead atoms. The van der Waals surface area contributed by atoms with Crippen LogP contribution in [-0.2, 0) is 0 Å². The number of hydrogen-bond donors (Lipinski definition) is 2. The summed E-state index contributed by atoms with van der Waals surface area (Å²) in [4.78, 5) is 12.1. The predicted molar refractivity (Wildman–Crippen MR) is 73.8 cm³/mol. The summed E-state index contributed by atoms with van der Waals surface area (Å²) in [5.41, 5.74) is 1.07. The van der Waals surface area contributed by atoms with Crippen molar-refractivity contribution in [1.82, 2.24) is 0 Å². The summed E-state index contributed by atoms with van der Waals surface area (Å²) in [5, 5.41) is 21.2. The molecule has 0 saturated carbocycles. The first-order valence-electron chi connectivity index (χ1n) is 5.83. The van der Waals surface area contributed by atoms with Crippen molar-refractivity contribution < 1.29 is 14.6 Å². The summed E-state index contributed by atoms with van der Waals surface area (Å²) in [7, 11) is 1.43. The average Bonchev–Trinajstić information content (AvgIpc) is 2.47. The molecule has 0 aliphatic heterocycles. The molecule has 0 radical (unpaired) electrons. The molecule has 0 spiro atoms. The fraction of sp³-hybridized carbons (Fsp3) is 0.0667. The van der Waals surface area contributed by atoms with E-state index in [1.165, 1.54) is 25.3 Å². The molecule has 0 saturated heterocycles. The van der Waals surface area contributed by atoms with Gasteiger partial charge < -0.3 is 15.2 Å². The van der Waals surface area contributed by atoms with Crippen molar-refractivity contribution in [2.45, 2.75) is 0 Å². The molecule has 1 amide bonds. The van der Waals surface area contributed by atoms with Crippen molar-refractivity contribution in [3.63, 3.8) is 0 Å². The number of phenols is 1. The molecule has 2 aromatic rings. The van der Waals surface area contributed by atoms with Crippen LogP contribution in [0.2, 0.25) is 0 Å². The van der Waals surface area contributed by atoms with Crippen LogP contribution in [0.1, 0.15) is 15.9 Å². The van der Waals surface area contributed by atoms with Crippen LogP contribution in [0.5, 0.6) is 11.5 Å². The number of nitrogens with one attached hydrogen (secondary N) is 1. The van der Waals surface area contributed by atoms with Crippen LogP contribution in [0.4, 0.5) is 5.69 Å². The normalized spacial score (nSPS) is 9.60. The van der Waals surface area contributed by atoms with Crippen molar-refractivity contribution in [3.05, 3.63) is 53.6 Å². The topological polar surface area (TPSA) is 82.3 Å². The molecular formula is C15H12N2O3. The molecule has 5 heteroatoms. The van der Waals surface area contributed by atoms with Crippen molar-refractivity contribution >= 4 is 11.6 Å². The molecule has 0 unspecified atom stereocenters. The monoisotopic (exact) mass is 268 g/mol. The van der Waals surface area contributed by atoms with Crippen LogP contribution >= 0.6 is 0 Å². The molecule has 2 N–H and O–H groups in total. The summed E-state index contributed by atoms with van der Waals surface area (Å²) < 4.78 is 4.91. The second-order valence-electron chi connectivity index (χ2n) is 4.00. The third kappa shape index (κ3) is 2.70. The van der Waals surface area contributed by atoms with E-state index in [4.69, 9.17) is 10.00 Å². The molecule has 20 heavy (non-hydrogen) atoms. The zero-order valence-electron chi connectivity index (χ0n) is 10.8. The number of amides is 1. The quantitative estimate of drug-likeness (QED) is 0.896. The van der Waals surface area contributed by atoms with Crippen LogP contribution in [0.15, 0.2) is 42.5 Å². The molecule has 0 aliphatic rings. The van der Waals surface area contributed by atoms with E-state index >= 15 is 0 Å². The first-order valence-corrected chi connectivity index (χ1v) is 5.83. The molecule has 0 aromatic heterocycles. The maximum atomic E-state index is 12.1. The number of carbonyl (C=O) groups is 1. The van der Waals surface area contributed by atoms with Gasteiger partial charge in [0.2, 0.25) is 0 Å². The predicted octanol–water partition coefficient (Wildman–Crippen LogP) is 2.52. The third-order valence-corrected chi connectivity index (χ3v) is 2.74. The number of benzene rings is 2. The zero-order valence-corrected chi connectivity index (χ0v) is 10.8. The van der Waals surface area contributed by atoms with Gasteiger partial charge in [0, 0.05) is 5.56 Å². The lowest BCUT2D eigenvalue weighted by molar-refractivity contribution is 0.102. The molecule has 100 valence electrons. The Bertz CT molecular complexity index is 690. The van der Waals surface area contributed by atoms with Gasteiger partial charge in [0.25, 0.3) is 5.91 Å². The van der Waals surface area contributed by atoms with Crippen molar-refractivity contribution in [2.24, 2.45) is 0 Å². The van der Waals surface area contributed by atoms with Crippen molar-refractivity contribution in [3.8, 4) is 17.6 Å². The Kier molecular flexibility index (Phi) is 3.87. The lowest BCUT2D eigenvalue weighted by Crippen LogP contribution is -2.12. The smallest absolute Gasteiger partial charge is 0.255 e. The number of nitriles is 1. The van der Waals surface area contributed by atoms with Crippen LogP contribution in [0.3, 0.4) is 0 Å². The summed E-state index contributed by atoms with van der Waals surface area (Å²) in [5.74, 6) is -0.238. The van der Waals surface area contributed by atoms with Crippen molar-refractivity contribution in [2.75, 3.05) is 12.4 Å². The minimum absolute atomic E-state index is 0.117. The number of anilines is 1. The first kappa shape index (κ1) is 13.4. The van der Waals surface area contributed by atoms with Gasteiger partial charge in [0.15, 0.2) is 11.5 Å². The third-order valence-electron chi connectivity index (χ3n) is 2.74. The molecule has 0 heterocycles. The largest absolute Gasteiger partial charge is 0.504 e. The highest BCUT2D eigenvalue weighted by atomic mass is 16.5. The van der Waals surface area contributed by atoms with E-state index in [2.05, 4.69) is 5.32 Å². The van der Waals surface area contributed by atoms with E-state index < -0.39 is 5.91 Å². The zero-order chi connectivity index (χ0) is 14.5. The molecule has 0 fully saturated rings. The Morgan fingerprint density at radius 1 is 1.30 bits per heavy atom. The fourth-order valence-corrected chi connectivity index (χ4v) is 1.72. The second-order valence-corrected chi connectivity index (χ2v) is 4.00. The van der Waals surface area contributed by atoms with E-state index in [-0.39, 0.29) is 11.3 Å². The Morgan fingerprint density at radius 2 is 2.05 bits per heavy atom. The van der Waals surface area contributed by atoms with Gasteiger partial charge in [-0.25, -0.2) is 0 Å². The number of rotatable bonds is 3. The maximum absolute atomic E-state index is 12.1. The Balaban J connectivity index is 2.25. The highest BCUT2D eigenvalue weighted by Crippen LogP contribution is 2.26. The standard InChI is InChI=1S/C15H12N2O3/c1-20-14-7-6-10(8-13(14)18)15(19)17-12-5-3-2-4-11(12)9-16/h2-8,18H,1H3,(H,17,19).